The zero-order valence-electron chi connectivity index (χ0n) is 8.76. The van der Waals surface area contributed by atoms with Gasteiger partial charge in [0.05, 0.1) is 0 Å². The van der Waals surface area contributed by atoms with Crippen LogP contribution in [-0.4, -0.2) is 6.36 Å². The summed E-state index contributed by atoms with van der Waals surface area (Å²) in [4.78, 5) is 0. The van der Waals surface area contributed by atoms with Crippen molar-refractivity contribution in [2.75, 3.05) is 0 Å². The van der Waals surface area contributed by atoms with E-state index in [0.717, 1.165) is 18.2 Å². The minimum Gasteiger partial charge on any atom is -0.406 e. The van der Waals surface area contributed by atoms with Gasteiger partial charge in [-0.05, 0) is 29.0 Å². The van der Waals surface area contributed by atoms with Crippen LogP contribution in [0.2, 0.25) is 0 Å². The zero-order valence-corrected chi connectivity index (χ0v) is 8.76. The fourth-order valence-electron chi connectivity index (χ4n) is 1.54. The summed E-state index contributed by atoms with van der Waals surface area (Å²) in [5, 5.41) is 0.802. The Balaban J connectivity index is 2.38. The summed E-state index contributed by atoms with van der Waals surface area (Å²) in [5.74, 6) is -0.382. The van der Waals surface area contributed by atoms with Gasteiger partial charge < -0.3 is 4.74 Å². The second kappa shape index (κ2) is 4.44. The second-order valence-corrected chi connectivity index (χ2v) is 3.53. The van der Waals surface area contributed by atoms with Crippen molar-refractivity contribution in [3.05, 3.63) is 48.4 Å². The molecule has 0 atom stereocenters. The van der Waals surface area contributed by atoms with Gasteiger partial charge in [-0.15, -0.1) is 13.2 Å². The van der Waals surface area contributed by atoms with Crippen LogP contribution in [0.25, 0.3) is 10.8 Å². The van der Waals surface area contributed by atoms with E-state index in [2.05, 4.69) is 4.74 Å². The van der Waals surface area contributed by atoms with Gasteiger partial charge in [-0.25, -0.2) is 0 Å². The van der Waals surface area contributed by atoms with E-state index in [-0.39, 0.29) is 11.3 Å². The zero-order chi connectivity index (χ0) is 13.3. The molecular weight excluding hydrogens is 255 g/mol. The number of alkyl halides is 3. The minimum absolute atomic E-state index is 0.257. The number of rotatable bonds is 2. The summed E-state index contributed by atoms with van der Waals surface area (Å²) >= 11 is 0. The molecule has 0 heterocycles. The Hall–Kier alpha value is -1.85. The molecule has 1 radical (unpaired) electrons. The summed E-state index contributed by atoms with van der Waals surface area (Å²) in [6.45, 7) is 0. The van der Waals surface area contributed by atoms with Gasteiger partial charge in [0.2, 0.25) is 0 Å². The van der Waals surface area contributed by atoms with Crippen LogP contribution >= 0.6 is 0 Å². The van der Waals surface area contributed by atoms with E-state index >= 15 is 0 Å². The molecule has 1 nitrogen and oxygen atoms in total. The number of ether oxygens (including phenoxy) is 1. The van der Waals surface area contributed by atoms with Gasteiger partial charge in [-0.3, -0.25) is 0 Å². The monoisotopic (exact) mass is 261 g/mol. The number of benzene rings is 2. The Labute approximate surface area is 98.8 Å². The van der Waals surface area contributed by atoms with Crippen LogP contribution < -0.4 is 4.74 Å². The Kier molecular flexibility index (Phi) is 3.11. The number of hydrogen-bond donors (Lipinski definition) is 0. The summed E-state index contributed by atoms with van der Waals surface area (Å²) in [7, 11) is 0. The van der Waals surface area contributed by atoms with E-state index < -0.39 is 12.8 Å². The summed E-state index contributed by atoms with van der Waals surface area (Å²) < 4.78 is 64.4. The number of hydrogen-bond acceptors (Lipinski definition) is 1. The van der Waals surface area contributed by atoms with Crippen LogP contribution in [0.15, 0.2) is 36.4 Å². The van der Waals surface area contributed by atoms with Crippen molar-refractivity contribution in [2.24, 2.45) is 0 Å². The van der Waals surface area contributed by atoms with Gasteiger partial charge in [0.1, 0.15) is 5.75 Å². The molecule has 6 heteroatoms. The van der Waals surface area contributed by atoms with Crippen molar-refractivity contribution >= 4 is 10.8 Å². The maximum atomic E-state index is 12.3. The first-order valence-electron chi connectivity index (χ1n) is 4.83. The predicted octanol–water partition coefficient (Wildman–Crippen LogP) is 4.51. The highest BCUT2D eigenvalue weighted by Gasteiger charge is 2.31. The lowest BCUT2D eigenvalue weighted by Crippen LogP contribution is -2.16. The normalized spacial score (nSPS) is 12.1. The average molecular weight is 261 g/mol. The lowest BCUT2D eigenvalue weighted by molar-refractivity contribution is -0.274. The van der Waals surface area contributed by atoms with E-state index in [9.17, 15) is 22.0 Å². The van der Waals surface area contributed by atoms with E-state index in [4.69, 9.17) is 0 Å². The highest BCUT2D eigenvalue weighted by atomic mass is 19.4. The van der Waals surface area contributed by atoms with Crippen LogP contribution in [0.1, 0.15) is 5.56 Å². The molecular formula is C12H6F5O. The highest BCUT2D eigenvalue weighted by Crippen LogP contribution is 2.28. The molecule has 18 heavy (non-hydrogen) atoms. The first-order valence-corrected chi connectivity index (χ1v) is 4.83. The average Bonchev–Trinajstić information content (AvgIpc) is 2.26. The van der Waals surface area contributed by atoms with Crippen LogP contribution in [0.5, 0.6) is 5.75 Å². The molecule has 0 saturated carbocycles. The van der Waals surface area contributed by atoms with Crippen molar-refractivity contribution in [1.29, 1.82) is 0 Å². The van der Waals surface area contributed by atoms with Gasteiger partial charge in [0.15, 0.2) is 0 Å². The molecule has 0 bridgehead atoms. The second-order valence-electron chi connectivity index (χ2n) is 3.53. The lowest BCUT2D eigenvalue weighted by atomic mass is 10.1. The fraction of sp³-hybridized carbons (Fsp3) is 0.0833. The van der Waals surface area contributed by atoms with Crippen LogP contribution in [0, 0.1) is 6.43 Å². The van der Waals surface area contributed by atoms with Crippen molar-refractivity contribution < 1.29 is 26.7 Å². The predicted molar refractivity (Wildman–Crippen MR) is 55.2 cm³/mol. The third-order valence-corrected chi connectivity index (χ3v) is 2.26. The summed E-state index contributed by atoms with van der Waals surface area (Å²) in [6, 6.07) is 7.16. The van der Waals surface area contributed by atoms with Gasteiger partial charge in [-0.1, -0.05) is 18.2 Å². The molecule has 0 unspecified atom stereocenters. The molecule has 0 saturated heterocycles. The molecule has 0 aliphatic carbocycles. The third kappa shape index (κ3) is 2.88. The van der Waals surface area contributed by atoms with Crippen LogP contribution in [0.3, 0.4) is 0 Å². The van der Waals surface area contributed by atoms with Crippen LogP contribution in [0.4, 0.5) is 22.0 Å². The van der Waals surface area contributed by atoms with E-state index in [1.165, 1.54) is 18.2 Å². The first-order chi connectivity index (χ1) is 8.35. The lowest BCUT2D eigenvalue weighted by Gasteiger charge is -2.09. The molecule has 0 aromatic heterocycles. The molecule has 0 aliphatic heterocycles. The molecule has 2 rings (SSSR count). The van der Waals surface area contributed by atoms with E-state index in [1.54, 1.807) is 0 Å². The maximum Gasteiger partial charge on any atom is 0.573 e. The summed E-state index contributed by atoms with van der Waals surface area (Å²) in [5.41, 5.74) is -0.257. The Morgan fingerprint density at radius 1 is 0.889 bits per heavy atom. The highest BCUT2D eigenvalue weighted by molar-refractivity contribution is 5.84. The van der Waals surface area contributed by atoms with Crippen LogP contribution in [-0.2, 0) is 0 Å². The Bertz CT molecular complexity index is 562. The van der Waals surface area contributed by atoms with E-state index in [1.807, 2.05) is 0 Å². The topological polar surface area (TPSA) is 9.23 Å². The molecule has 0 spiro atoms. The Morgan fingerprint density at radius 2 is 1.50 bits per heavy atom. The van der Waals surface area contributed by atoms with Gasteiger partial charge in [0.25, 0.3) is 0 Å². The third-order valence-electron chi connectivity index (χ3n) is 2.26. The molecule has 0 amide bonds. The van der Waals surface area contributed by atoms with Gasteiger partial charge in [-0.2, -0.15) is 8.78 Å². The number of halogens is 5. The van der Waals surface area contributed by atoms with Crippen molar-refractivity contribution in [3.63, 3.8) is 0 Å². The molecule has 2 aromatic carbocycles. The van der Waals surface area contributed by atoms with Crippen molar-refractivity contribution in [1.82, 2.24) is 0 Å². The largest absolute Gasteiger partial charge is 0.573 e. The van der Waals surface area contributed by atoms with Gasteiger partial charge in [0, 0.05) is 5.56 Å². The fourth-order valence-corrected chi connectivity index (χ4v) is 1.54. The molecule has 0 N–H and O–H groups in total. The van der Waals surface area contributed by atoms with Gasteiger partial charge >= 0.3 is 12.8 Å². The molecule has 0 fully saturated rings. The van der Waals surface area contributed by atoms with Crippen molar-refractivity contribution in [3.8, 4) is 5.75 Å². The quantitative estimate of drug-likeness (QED) is 0.722. The smallest absolute Gasteiger partial charge is 0.406 e. The molecule has 95 valence electrons. The SMILES string of the molecule is F[C](F)c1ccc2cc(OC(F)(F)F)ccc2c1. The summed E-state index contributed by atoms with van der Waals surface area (Å²) in [6.07, 6.45) is -6.61. The van der Waals surface area contributed by atoms with E-state index in [0.29, 0.717) is 10.8 Å². The standard InChI is InChI=1S/C12H6F5O/c13-11(14)9-2-1-8-6-10(18-12(15,16)17)4-3-7(8)5-9/h1-6H. The minimum atomic E-state index is -4.77. The molecule has 0 aliphatic rings. The molecule has 2 aromatic rings. The Morgan fingerprint density at radius 3 is 2.11 bits per heavy atom. The number of fused-ring (bicyclic) bond motifs is 1. The first kappa shape index (κ1) is 12.6. The van der Waals surface area contributed by atoms with Crippen molar-refractivity contribution in [2.45, 2.75) is 6.36 Å². The maximum absolute atomic E-state index is 12.3.